The lowest BCUT2D eigenvalue weighted by atomic mass is 10.1. The zero-order valence-electron chi connectivity index (χ0n) is 16.0. The number of aromatic nitrogens is 1. The Hall–Kier alpha value is -2.07. The van der Waals surface area contributed by atoms with Crippen LogP contribution in [0.25, 0.3) is 0 Å². The van der Waals surface area contributed by atoms with Gasteiger partial charge in [-0.15, -0.1) is 0 Å². The molecule has 1 saturated heterocycles. The van der Waals surface area contributed by atoms with Crippen LogP contribution in [0.15, 0.2) is 41.3 Å². The first-order chi connectivity index (χ1) is 13.2. The molecule has 0 radical (unpaired) electrons. The SMILES string of the molecule is Cc1cc(C)n(CN2CCN(S(=O)(=O)c3ccccc3)CC2)c(=S)c1C(N)=O. The first kappa shape index (κ1) is 20.7. The Bertz CT molecular complexity index is 1040. The Morgan fingerprint density at radius 1 is 1.11 bits per heavy atom. The van der Waals surface area contributed by atoms with Gasteiger partial charge in [-0.2, -0.15) is 4.31 Å². The summed E-state index contributed by atoms with van der Waals surface area (Å²) in [6.07, 6.45) is 0. The summed E-state index contributed by atoms with van der Waals surface area (Å²) in [5.74, 6) is -0.532. The fourth-order valence-corrected chi connectivity index (χ4v) is 5.36. The van der Waals surface area contributed by atoms with Gasteiger partial charge in [-0.05, 0) is 37.6 Å². The number of aryl methyl sites for hydroxylation is 2. The average Bonchev–Trinajstić information content (AvgIpc) is 2.65. The van der Waals surface area contributed by atoms with Crippen LogP contribution in [0.1, 0.15) is 21.6 Å². The summed E-state index contributed by atoms with van der Waals surface area (Å²) >= 11 is 5.49. The van der Waals surface area contributed by atoms with Crippen molar-refractivity contribution in [2.24, 2.45) is 5.73 Å². The molecule has 0 unspecified atom stereocenters. The fourth-order valence-electron chi connectivity index (χ4n) is 3.46. The minimum absolute atomic E-state index is 0.311. The third kappa shape index (κ3) is 4.02. The van der Waals surface area contributed by atoms with E-state index in [4.69, 9.17) is 18.0 Å². The summed E-state index contributed by atoms with van der Waals surface area (Å²) in [6, 6.07) is 10.4. The zero-order chi connectivity index (χ0) is 20.5. The number of hydrogen-bond donors (Lipinski definition) is 1. The third-order valence-corrected chi connectivity index (χ3v) is 7.34. The summed E-state index contributed by atoms with van der Waals surface area (Å²) in [5.41, 5.74) is 7.55. The quantitative estimate of drug-likeness (QED) is 0.747. The molecule has 1 aromatic heterocycles. The van der Waals surface area contributed by atoms with Crippen molar-refractivity contribution in [1.29, 1.82) is 0 Å². The van der Waals surface area contributed by atoms with Gasteiger partial charge in [0.25, 0.3) is 5.91 Å². The molecule has 2 aromatic rings. The number of piperazine rings is 1. The zero-order valence-corrected chi connectivity index (χ0v) is 17.6. The molecule has 1 aliphatic rings. The highest BCUT2D eigenvalue weighted by Gasteiger charge is 2.28. The van der Waals surface area contributed by atoms with Crippen LogP contribution >= 0.6 is 12.2 Å². The lowest BCUT2D eigenvalue weighted by Crippen LogP contribution is -2.49. The molecule has 28 heavy (non-hydrogen) atoms. The Kier molecular flexibility index (Phi) is 5.99. The van der Waals surface area contributed by atoms with E-state index in [1.807, 2.05) is 24.5 Å². The smallest absolute Gasteiger partial charge is 0.251 e. The number of carbonyl (C=O) groups excluding carboxylic acids is 1. The van der Waals surface area contributed by atoms with Crippen LogP contribution in [-0.2, 0) is 16.7 Å². The summed E-state index contributed by atoms with van der Waals surface area (Å²) in [4.78, 5) is 14.2. The fraction of sp³-hybridized carbons (Fsp3) is 0.368. The van der Waals surface area contributed by atoms with Crippen molar-refractivity contribution < 1.29 is 13.2 Å². The van der Waals surface area contributed by atoms with Crippen molar-refractivity contribution in [3.63, 3.8) is 0 Å². The van der Waals surface area contributed by atoms with E-state index in [1.165, 1.54) is 4.31 Å². The van der Waals surface area contributed by atoms with E-state index in [9.17, 15) is 13.2 Å². The second-order valence-corrected chi connectivity index (χ2v) is 9.24. The number of primary amides is 1. The van der Waals surface area contributed by atoms with E-state index in [1.54, 1.807) is 30.3 Å². The van der Waals surface area contributed by atoms with Crippen LogP contribution in [0.4, 0.5) is 0 Å². The van der Waals surface area contributed by atoms with Gasteiger partial charge < -0.3 is 10.3 Å². The van der Waals surface area contributed by atoms with Crippen LogP contribution in [0.3, 0.4) is 0 Å². The second-order valence-electron chi connectivity index (χ2n) is 6.92. The van der Waals surface area contributed by atoms with Gasteiger partial charge in [0, 0.05) is 31.9 Å². The summed E-state index contributed by atoms with van der Waals surface area (Å²) in [7, 11) is -3.48. The topological polar surface area (TPSA) is 88.6 Å². The minimum Gasteiger partial charge on any atom is -0.365 e. The molecule has 0 atom stereocenters. The molecular weight excluding hydrogens is 396 g/mol. The summed E-state index contributed by atoms with van der Waals surface area (Å²) in [5, 5.41) is 0. The molecular formula is C19H24N4O3S2. The predicted molar refractivity (Wildman–Crippen MR) is 110 cm³/mol. The highest BCUT2D eigenvalue weighted by molar-refractivity contribution is 7.89. The Balaban J connectivity index is 1.74. The molecule has 0 saturated carbocycles. The maximum atomic E-state index is 12.8. The predicted octanol–water partition coefficient (Wildman–Crippen LogP) is 1.90. The number of nitrogens with zero attached hydrogens (tertiary/aromatic N) is 3. The highest BCUT2D eigenvalue weighted by Crippen LogP contribution is 2.19. The standard InChI is InChI=1S/C19H24N4O3S2/c1-14-12-15(2)23(19(27)17(14)18(20)24)13-21-8-10-22(11-9-21)28(25,26)16-6-4-3-5-7-16/h3-7,12H,8-11,13H2,1-2H3,(H2,20,24). The molecule has 9 heteroatoms. The van der Waals surface area contributed by atoms with E-state index in [-0.39, 0.29) is 0 Å². The Labute approximate surface area is 170 Å². The van der Waals surface area contributed by atoms with Crippen molar-refractivity contribution in [2.45, 2.75) is 25.4 Å². The van der Waals surface area contributed by atoms with E-state index >= 15 is 0 Å². The lowest BCUT2D eigenvalue weighted by molar-refractivity contribution is 0.0996. The Morgan fingerprint density at radius 2 is 1.71 bits per heavy atom. The molecule has 1 aliphatic heterocycles. The maximum Gasteiger partial charge on any atom is 0.251 e. The first-order valence-electron chi connectivity index (χ1n) is 9.00. The Morgan fingerprint density at radius 3 is 2.29 bits per heavy atom. The van der Waals surface area contributed by atoms with Gasteiger partial charge in [0.1, 0.15) is 4.64 Å². The van der Waals surface area contributed by atoms with Crippen LogP contribution < -0.4 is 5.73 Å². The largest absolute Gasteiger partial charge is 0.365 e. The number of pyridine rings is 1. The monoisotopic (exact) mass is 420 g/mol. The molecule has 2 N–H and O–H groups in total. The van der Waals surface area contributed by atoms with Gasteiger partial charge in [-0.25, -0.2) is 8.42 Å². The molecule has 0 spiro atoms. The van der Waals surface area contributed by atoms with Crippen LogP contribution in [0.5, 0.6) is 0 Å². The molecule has 1 aromatic carbocycles. The third-order valence-electron chi connectivity index (χ3n) is 5.00. The lowest BCUT2D eigenvalue weighted by Gasteiger charge is -2.34. The molecule has 1 amide bonds. The molecule has 150 valence electrons. The van der Waals surface area contributed by atoms with Crippen LogP contribution in [-0.4, -0.2) is 54.3 Å². The minimum atomic E-state index is -3.48. The van der Waals surface area contributed by atoms with Crippen molar-refractivity contribution >= 4 is 28.1 Å². The molecule has 3 rings (SSSR count). The summed E-state index contributed by atoms with van der Waals surface area (Å²) in [6.45, 7) is 6.20. The average molecular weight is 421 g/mol. The maximum absolute atomic E-state index is 12.8. The number of amides is 1. The van der Waals surface area contributed by atoms with E-state index < -0.39 is 15.9 Å². The second kappa shape index (κ2) is 8.12. The van der Waals surface area contributed by atoms with Crippen molar-refractivity contribution in [1.82, 2.24) is 13.8 Å². The van der Waals surface area contributed by atoms with Crippen LogP contribution in [0, 0.1) is 18.5 Å². The summed E-state index contributed by atoms with van der Waals surface area (Å²) < 4.78 is 29.3. The number of sulfonamides is 1. The van der Waals surface area contributed by atoms with E-state index in [0.29, 0.717) is 47.9 Å². The van der Waals surface area contributed by atoms with E-state index in [2.05, 4.69) is 4.90 Å². The highest BCUT2D eigenvalue weighted by atomic mass is 32.2. The van der Waals surface area contributed by atoms with Gasteiger partial charge in [-0.1, -0.05) is 30.4 Å². The number of hydrogen-bond acceptors (Lipinski definition) is 5. The van der Waals surface area contributed by atoms with Gasteiger partial charge >= 0.3 is 0 Å². The number of nitrogens with two attached hydrogens (primary N) is 1. The van der Waals surface area contributed by atoms with Gasteiger partial charge in [0.05, 0.1) is 17.1 Å². The van der Waals surface area contributed by atoms with Crippen molar-refractivity contribution in [3.05, 3.63) is 57.9 Å². The first-order valence-corrected chi connectivity index (χ1v) is 10.8. The van der Waals surface area contributed by atoms with Gasteiger partial charge in [-0.3, -0.25) is 9.69 Å². The van der Waals surface area contributed by atoms with Crippen molar-refractivity contribution in [3.8, 4) is 0 Å². The number of carbonyl (C=O) groups is 1. The number of benzene rings is 1. The number of rotatable bonds is 5. The normalized spacial score (nSPS) is 16.2. The molecule has 0 bridgehead atoms. The van der Waals surface area contributed by atoms with Gasteiger partial charge in [0.2, 0.25) is 10.0 Å². The van der Waals surface area contributed by atoms with Gasteiger partial charge in [0.15, 0.2) is 0 Å². The van der Waals surface area contributed by atoms with E-state index in [0.717, 1.165) is 11.3 Å². The van der Waals surface area contributed by atoms with Crippen LogP contribution in [0.2, 0.25) is 0 Å². The molecule has 2 heterocycles. The molecule has 7 nitrogen and oxygen atoms in total. The molecule has 1 fully saturated rings. The molecule has 0 aliphatic carbocycles. The van der Waals surface area contributed by atoms with Crippen molar-refractivity contribution in [2.75, 3.05) is 26.2 Å².